The molecule has 106 valence electrons. The van der Waals surface area contributed by atoms with Crippen molar-refractivity contribution in [3.63, 3.8) is 0 Å². The topological polar surface area (TPSA) is 56.4 Å². The highest BCUT2D eigenvalue weighted by atomic mass is 19.1. The predicted molar refractivity (Wildman–Crippen MR) is 75.9 cm³/mol. The van der Waals surface area contributed by atoms with Gasteiger partial charge in [-0.3, -0.25) is 9.59 Å². The standard InChI is InChI=1S/C15H12FN3O2/c1-2-18-7-8-19-14(15(18)21)12(9-20)13(17-19)10-3-5-11(16)6-4-10/h3-9H,2H2,1H3. The summed E-state index contributed by atoms with van der Waals surface area (Å²) in [5, 5.41) is 4.27. The third kappa shape index (κ3) is 2.05. The monoisotopic (exact) mass is 285 g/mol. The summed E-state index contributed by atoms with van der Waals surface area (Å²) >= 11 is 0. The number of benzene rings is 1. The number of carbonyl (C=O) groups excluding carboxylic acids is 1. The minimum Gasteiger partial charge on any atom is -0.312 e. The first-order chi connectivity index (χ1) is 10.2. The Balaban J connectivity index is 2.34. The number of hydrogen-bond acceptors (Lipinski definition) is 3. The van der Waals surface area contributed by atoms with Gasteiger partial charge in [0.05, 0.1) is 5.56 Å². The van der Waals surface area contributed by atoms with Gasteiger partial charge in [0.15, 0.2) is 6.29 Å². The van der Waals surface area contributed by atoms with Gasteiger partial charge in [-0.2, -0.15) is 5.10 Å². The number of hydrogen-bond donors (Lipinski definition) is 0. The summed E-state index contributed by atoms with van der Waals surface area (Å²) in [7, 11) is 0. The minimum absolute atomic E-state index is 0.217. The second kappa shape index (κ2) is 4.97. The molecule has 0 unspecified atom stereocenters. The largest absolute Gasteiger partial charge is 0.312 e. The van der Waals surface area contributed by atoms with Crippen LogP contribution in [0, 0.1) is 5.82 Å². The van der Waals surface area contributed by atoms with Crippen molar-refractivity contribution < 1.29 is 9.18 Å². The highest BCUT2D eigenvalue weighted by Gasteiger charge is 2.17. The van der Waals surface area contributed by atoms with Crippen LogP contribution in [-0.2, 0) is 6.54 Å². The van der Waals surface area contributed by atoms with E-state index in [9.17, 15) is 14.0 Å². The summed E-state index contributed by atoms with van der Waals surface area (Å²) in [5.41, 5.74) is 1.13. The van der Waals surface area contributed by atoms with Crippen LogP contribution in [0.25, 0.3) is 16.8 Å². The third-order valence-corrected chi connectivity index (χ3v) is 3.37. The molecule has 0 atom stereocenters. The fourth-order valence-corrected chi connectivity index (χ4v) is 2.30. The van der Waals surface area contributed by atoms with Crippen LogP contribution >= 0.6 is 0 Å². The first-order valence-corrected chi connectivity index (χ1v) is 6.48. The zero-order valence-electron chi connectivity index (χ0n) is 11.3. The van der Waals surface area contributed by atoms with E-state index in [1.807, 2.05) is 6.92 Å². The summed E-state index contributed by atoms with van der Waals surface area (Å²) < 4.78 is 15.9. The van der Waals surface area contributed by atoms with Crippen molar-refractivity contribution in [3.8, 4) is 11.3 Å². The van der Waals surface area contributed by atoms with Crippen molar-refractivity contribution in [2.75, 3.05) is 0 Å². The van der Waals surface area contributed by atoms with E-state index >= 15 is 0 Å². The number of carbonyl (C=O) groups is 1. The Kier molecular flexibility index (Phi) is 3.13. The average Bonchev–Trinajstić information content (AvgIpc) is 2.88. The summed E-state index contributed by atoms with van der Waals surface area (Å²) in [4.78, 5) is 23.7. The first kappa shape index (κ1) is 13.2. The van der Waals surface area contributed by atoms with E-state index in [-0.39, 0.29) is 22.5 Å². The van der Waals surface area contributed by atoms with E-state index in [0.29, 0.717) is 24.1 Å². The molecule has 2 aromatic heterocycles. The maximum Gasteiger partial charge on any atom is 0.277 e. The number of halogens is 1. The number of nitrogens with zero attached hydrogens (tertiary/aromatic N) is 3. The molecule has 1 aromatic carbocycles. The maximum atomic E-state index is 13.0. The molecule has 0 radical (unpaired) electrons. The van der Waals surface area contributed by atoms with Crippen LogP contribution in [-0.4, -0.2) is 20.5 Å². The molecule has 5 nitrogen and oxygen atoms in total. The number of rotatable bonds is 3. The molecule has 0 N–H and O–H groups in total. The summed E-state index contributed by atoms with van der Waals surface area (Å²) in [6.07, 6.45) is 3.86. The molecule has 0 aliphatic heterocycles. The van der Waals surface area contributed by atoms with Crippen molar-refractivity contribution in [1.29, 1.82) is 0 Å². The first-order valence-electron chi connectivity index (χ1n) is 6.48. The van der Waals surface area contributed by atoms with Crippen LogP contribution in [0.1, 0.15) is 17.3 Å². The highest BCUT2D eigenvalue weighted by molar-refractivity contribution is 5.94. The quantitative estimate of drug-likeness (QED) is 0.693. The zero-order valence-corrected chi connectivity index (χ0v) is 11.3. The number of aromatic nitrogens is 3. The van der Waals surface area contributed by atoms with Gasteiger partial charge in [-0.05, 0) is 31.2 Å². The molecule has 6 heteroatoms. The van der Waals surface area contributed by atoms with Gasteiger partial charge in [0, 0.05) is 24.5 Å². The van der Waals surface area contributed by atoms with Gasteiger partial charge in [0.2, 0.25) is 0 Å². The van der Waals surface area contributed by atoms with E-state index in [4.69, 9.17) is 0 Å². The lowest BCUT2D eigenvalue weighted by molar-refractivity contribution is 0.112. The third-order valence-electron chi connectivity index (χ3n) is 3.37. The predicted octanol–water partition coefficient (Wildman–Crippen LogP) is 2.13. The molecule has 0 amide bonds. The molecule has 0 bridgehead atoms. The van der Waals surface area contributed by atoms with Gasteiger partial charge in [-0.1, -0.05) is 0 Å². The lowest BCUT2D eigenvalue weighted by atomic mass is 10.1. The van der Waals surface area contributed by atoms with Gasteiger partial charge < -0.3 is 4.57 Å². The Morgan fingerprint density at radius 2 is 1.95 bits per heavy atom. The summed E-state index contributed by atoms with van der Waals surface area (Å²) in [6, 6.07) is 5.64. The summed E-state index contributed by atoms with van der Waals surface area (Å²) in [6.45, 7) is 2.35. The molecule has 0 aliphatic rings. The molecule has 0 spiro atoms. The molecule has 3 aromatic rings. The van der Waals surface area contributed by atoms with E-state index in [2.05, 4.69) is 5.10 Å². The Morgan fingerprint density at radius 3 is 2.57 bits per heavy atom. The fourth-order valence-electron chi connectivity index (χ4n) is 2.30. The average molecular weight is 285 g/mol. The van der Waals surface area contributed by atoms with E-state index in [1.54, 1.807) is 12.4 Å². The van der Waals surface area contributed by atoms with E-state index < -0.39 is 0 Å². The van der Waals surface area contributed by atoms with Crippen LogP contribution in [0.4, 0.5) is 4.39 Å². The van der Waals surface area contributed by atoms with Gasteiger partial charge >= 0.3 is 0 Å². The minimum atomic E-state index is -0.372. The van der Waals surface area contributed by atoms with Crippen LogP contribution in [0.3, 0.4) is 0 Å². The summed E-state index contributed by atoms with van der Waals surface area (Å²) in [5.74, 6) is -0.372. The second-order valence-electron chi connectivity index (χ2n) is 4.57. The Morgan fingerprint density at radius 1 is 1.24 bits per heavy atom. The van der Waals surface area contributed by atoms with Gasteiger partial charge in [-0.15, -0.1) is 0 Å². The normalized spacial score (nSPS) is 11.0. The lowest BCUT2D eigenvalue weighted by Crippen LogP contribution is -2.21. The zero-order chi connectivity index (χ0) is 15.0. The molecule has 0 fully saturated rings. The fraction of sp³-hybridized carbons (Fsp3) is 0.133. The number of fused-ring (bicyclic) bond motifs is 1. The molecule has 0 aliphatic carbocycles. The molecular weight excluding hydrogens is 273 g/mol. The Labute approximate surface area is 119 Å². The van der Waals surface area contributed by atoms with E-state index in [1.165, 1.54) is 33.3 Å². The van der Waals surface area contributed by atoms with Gasteiger partial charge in [0.25, 0.3) is 5.56 Å². The van der Waals surface area contributed by atoms with Crippen LogP contribution in [0.15, 0.2) is 41.5 Å². The molecule has 0 saturated heterocycles. The van der Waals surface area contributed by atoms with Crippen molar-refractivity contribution in [3.05, 3.63) is 58.4 Å². The Hall–Kier alpha value is -2.76. The smallest absolute Gasteiger partial charge is 0.277 e. The van der Waals surface area contributed by atoms with Gasteiger partial charge in [0.1, 0.15) is 17.0 Å². The van der Waals surface area contributed by atoms with Crippen LogP contribution in [0.5, 0.6) is 0 Å². The van der Waals surface area contributed by atoms with E-state index in [0.717, 1.165) is 0 Å². The lowest BCUT2D eigenvalue weighted by Gasteiger charge is -2.01. The number of aldehydes is 1. The van der Waals surface area contributed by atoms with Crippen molar-refractivity contribution in [2.45, 2.75) is 13.5 Å². The van der Waals surface area contributed by atoms with Crippen molar-refractivity contribution in [2.24, 2.45) is 0 Å². The molecule has 3 rings (SSSR count). The van der Waals surface area contributed by atoms with Crippen LogP contribution < -0.4 is 5.56 Å². The Bertz CT molecular complexity index is 878. The SMILES string of the molecule is CCn1ccn2nc(-c3ccc(F)cc3)c(C=O)c2c1=O. The van der Waals surface area contributed by atoms with Gasteiger partial charge in [-0.25, -0.2) is 8.91 Å². The molecule has 0 saturated carbocycles. The molecule has 21 heavy (non-hydrogen) atoms. The molecule has 2 heterocycles. The molecular formula is C15H12FN3O2. The maximum absolute atomic E-state index is 13.0. The van der Waals surface area contributed by atoms with Crippen molar-refractivity contribution >= 4 is 11.8 Å². The number of aryl methyl sites for hydroxylation is 1. The second-order valence-corrected chi connectivity index (χ2v) is 4.57. The van der Waals surface area contributed by atoms with Crippen LogP contribution in [0.2, 0.25) is 0 Å². The van der Waals surface area contributed by atoms with Crippen molar-refractivity contribution in [1.82, 2.24) is 14.2 Å². The highest BCUT2D eigenvalue weighted by Crippen LogP contribution is 2.23.